The summed E-state index contributed by atoms with van der Waals surface area (Å²) in [5, 5.41) is 10.7. The summed E-state index contributed by atoms with van der Waals surface area (Å²) in [6, 6.07) is 9.33. The fourth-order valence-electron chi connectivity index (χ4n) is 2.79. The van der Waals surface area contributed by atoms with Crippen LogP contribution in [0.25, 0.3) is 10.9 Å². The number of hydrogen-bond donors (Lipinski definition) is 2. The Labute approximate surface area is 151 Å². The zero-order valence-electron chi connectivity index (χ0n) is 15.2. The molecule has 7 nitrogen and oxygen atoms in total. The van der Waals surface area contributed by atoms with E-state index in [1.165, 1.54) is 0 Å². The Balaban J connectivity index is 1.83. The van der Waals surface area contributed by atoms with Crippen molar-refractivity contribution in [3.05, 3.63) is 47.2 Å². The van der Waals surface area contributed by atoms with Crippen molar-refractivity contribution >= 4 is 16.8 Å². The highest BCUT2D eigenvalue weighted by Crippen LogP contribution is 2.34. The molecule has 0 bridgehead atoms. The predicted molar refractivity (Wildman–Crippen MR) is 98.1 cm³/mol. The average molecular weight is 355 g/mol. The summed E-state index contributed by atoms with van der Waals surface area (Å²) < 4.78 is 16.0. The summed E-state index contributed by atoms with van der Waals surface area (Å²) in [6.07, 6.45) is 0. The average Bonchev–Trinajstić information content (AvgIpc) is 3.08. The van der Waals surface area contributed by atoms with E-state index in [0.717, 1.165) is 22.0 Å². The van der Waals surface area contributed by atoms with Crippen molar-refractivity contribution in [1.82, 2.24) is 15.5 Å². The van der Waals surface area contributed by atoms with Crippen molar-refractivity contribution in [2.45, 2.75) is 13.5 Å². The van der Waals surface area contributed by atoms with Crippen LogP contribution in [-0.2, 0) is 6.54 Å². The smallest absolute Gasteiger partial charge is 0.272 e. The highest BCUT2D eigenvalue weighted by molar-refractivity contribution is 6.04. The number of hydrogen-bond acceptors (Lipinski definition) is 5. The largest absolute Gasteiger partial charge is 0.496 e. The predicted octanol–water partition coefficient (Wildman–Crippen LogP) is 2.83. The number of aryl methyl sites for hydroxylation is 1. The molecule has 0 aliphatic heterocycles. The first-order valence-corrected chi connectivity index (χ1v) is 8.09. The van der Waals surface area contributed by atoms with Gasteiger partial charge >= 0.3 is 0 Å². The van der Waals surface area contributed by atoms with Gasteiger partial charge in [0.25, 0.3) is 5.91 Å². The number of carbonyl (C=O) groups is 1. The summed E-state index contributed by atoms with van der Waals surface area (Å²) in [4.78, 5) is 12.6. The quantitative estimate of drug-likeness (QED) is 0.710. The number of nitrogens with zero attached hydrogens (tertiary/aromatic N) is 1. The monoisotopic (exact) mass is 355 g/mol. The second kappa shape index (κ2) is 7.35. The number of amides is 1. The second-order valence-electron chi connectivity index (χ2n) is 5.82. The molecule has 0 aliphatic rings. The normalized spacial score (nSPS) is 10.6. The van der Waals surface area contributed by atoms with Crippen molar-refractivity contribution in [3.8, 4) is 17.2 Å². The highest BCUT2D eigenvalue weighted by Gasteiger charge is 2.16. The molecular weight excluding hydrogens is 334 g/mol. The van der Waals surface area contributed by atoms with Gasteiger partial charge in [-0.05, 0) is 25.1 Å². The molecule has 0 saturated carbocycles. The molecule has 0 radical (unpaired) electrons. The Hall–Kier alpha value is -3.22. The Morgan fingerprint density at radius 1 is 1.04 bits per heavy atom. The van der Waals surface area contributed by atoms with E-state index in [2.05, 4.69) is 15.5 Å². The molecule has 26 heavy (non-hydrogen) atoms. The minimum Gasteiger partial charge on any atom is -0.496 e. The molecule has 0 aliphatic carbocycles. The molecule has 2 N–H and O–H groups in total. The summed E-state index contributed by atoms with van der Waals surface area (Å²) in [7, 11) is 4.69. The zero-order valence-corrected chi connectivity index (χ0v) is 15.2. The number of carbonyl (C=O) groups excluding carboxylic acids is 1. The Bertz CT molecular complexity index is 949. The van der Waals surface area contributed by atoms with Crippen molar-refractivity contribution in [2.75, 3.05) is 21.3 Å². The maximum atomic E-state index is 12.6. The fraction of sp³-hybridized carbons (Fsp3) is 0.263. The molecule has 0 atom stereocenters. The van der Waals surface area contributed by atoms with Crippen LogP contribution in [0.2, 0.25) is 0 Å². The van der Waals surface area contributed by atoms with Gasteiger partial charge in [-0.25, -0.2) is 0 Å². The molecule has 0 saturated heterocycles. The lowest BCUT2D eigenvalue weighted by Crippen LogP contribution is -2.23. The maximum Gasteiger partial charge on any atom is 0.272 e. The molecule has 3 aromatic rings. The molecule has 2 aromatic carbocycles. The zero-order chi connectivity index (χ0) is 18.7. The van der Waals surface area contributed by atoms with Gasteiger partial charge in [0.1, 0.15) is 5.75 Å². The topological polar surface area (TPSA) is 85.5 Å². The van der Waals surface area contributed by atoms with Gasteiger partial charge in [0, 0.05) is 23.6 Å². The molecule has 7 heteroatoms. The van der Waals surface area contributed by atoms with Crippen molar-refractivity contribution in [1.29, 1.82) is 0 Å². The molecule has 3 rings (SSSR count). The van der Waals surface area contributed by atoms with Gasteiger partial charge < -0.3 is 19.5 Å². The third kappa shape index (κ3) is 3.28. The lowest BCUT2D eigenvalue weighted by atomic mass is 10.1. The SMILES string of the molecule is COc1cc(OC)c(OC)cc1CNC(=O)c1n[nH]c2ccc(C)cc12. The van der Waals surface area contributed by atoms with E-state index in [0.29, 0.717) is 22.9 Å². The number of benzene rings is 2. The van der Waals surface area contributed by atoms with Crippen molar-refractivity contribution < 1.29 is 19.0 Å². The van der Waals surface area contributed by atoms with Gasteiger partial charge in [0.15, 0.2) is 17.2 Å². The van der Waals surface area contributed by atoms with E-state index in [-0.39, 0.29) is 12.5 Å². The van der Waals surface area contributed by atoms with E-state index in [4.69, 9.17) is 14.2 Å². The molecule has 136 valence electrons. The molecule has 1 aromatic heterocycles. The minimum atomic E-state index is -0.265. The minimum absolute atomic E-state index is 0.265. The van der Waals surface area contributed by atoms with E-state index in [9.17, 15) is 4.79 Å². The molecule has 0 unspecified atom stereocenters. The summed E-state index contributed by atoms with van der Waals surface area (Å²) in [6.45, 7) is 2.24. The van der Waals surface area contributed by atoms with Gasteiger partial charge in [-0.2, -0.15) is 5.10 Å². The molecule has 0 spiro atoms. The lowest BCUT2D eigenvalue weighted by molar-refractivity contribution is 0.0947. The number of rotatable bonds is 6. The van der Waals surface area contributed by atoms with E-state index in [1.807, 2.05) is 25.1 Å². The number of aromatic nitrogens is 2. The second-order valence-corrected chi connectivity index (χ2v) is 5.82. The van der Waals surface area contributed by atoms with Crippen molar-refractivity contribution in [3.63, 3.8) is 0 Å². The molecule has 0 fully saturated rings. The van der Waals surface area contributed by atoms with Crippen LogP contribution in [0.3, 0.4) is 0 Å². The Morgan fingerprint density at radius 3 is 2.42 bits per heavy atom. The van der Waals surface area contributed by atoms with Gasteiger partial charge in [-0.15, -0.1) is 0 Å². The van der Waals surface area contributed by atoms with Crippen LogP contribution in [0.1, 0.15) is 21.6 Å². The van der Waals surface area contributed by atoms with E-state index >= 15 is 0 Å². The number of fused-ring (bicyclic) bond motifs is 1. The van der Waals surface area contributed by atoms with Crippen LogP contribution in [0, 0.1) is 6.92 Å². The van der Waals surface area contributed by atoms with Crippen LogP contribution in [-0.4, -0.2) is 37.4 Å². The van der Waals surface area contributed by atoms with Crippen molar-refractivity contribution in [2.24, 2.45) is 0 Å². The number of H-pyrrole nitrogens is 1. The first kappa shape index (κ1) is 17.6. The number of nitrogens with one attached hydrogen (secondary N) is 2. The van der Waals surface area contributed by atoms with Gasteiger partial charge in [0.2, 0.25) is 0 Å². The number of ether oxygens (including phenoxy) is 3. The summed E-state index contributed by atoms with van der Waals surface area (Å²) >= 11 is 0. The van der Waals surface area contributed by atoms with Crippen LogP contribution < -0.4 is 19.5 Å². The first-order valence-electron chi connectivity index (χ1n) is 8.09. The van der Waals surface area contributed by atoms with Crippen LogP contribution in [0.4, 0.5) is 0 Å². The van der Waals surface area contributed by atoms with Gasteiger partial charge in [-0.1, -0.05) is 11.6 Å². The standard InChI is InChI=1S/C19H21N3O4/c1-11-5-6-14-13(7-11)18(22-21-14)19(23)20-10-12-8-16(25-3)17(26-4)9-15(12)24-2/h5-9H,10H2,1-4H3,(H,20,23)(H,21,22). The molecular formula is C19H21N3O4. The van der Waals surface area contributed by atoms with Gasteiger partial charge in [-0.3, -0.25) is 9.89 Å². The van der Waals surface area contributed by atoms with E-state index in [1.54, 1.807) is 33.5 Å². The third-order valence-electron chi connectivity index (χ3n) is 4.16. The first-order chi connectivity index (χ1) is 12.6. The lowest BCUT2D eigenvalue weighted by Gasteiger charge is -2.14. The number of methoxy groups -OCH3 is 3. The Kier molecular flexibility index (Phi) is 4.97. The number of aromatic amines is 1. The van der Waals surface area contributed by atoms with Crippen LogP contribution in [0.15, 0.2) is 30.3 Å². The molecule has 1 amide bonds. The summed E-state index contributed by atoms with van der Waals surface area (Å²) in [5.41, 5.74) is 3.02. The van der Waals surface area contributed by atoms with E-state index < -0.39 is 0 Å². The highest BCUT2D eigenvalue weighted by atomic mass is 16.5. The van der Waals surface area contributed by atoms with Gasteiger partial charge in [0.05, 0.1) is 26.8 Å². The maximum absolute atomic E-state index is 12.6. The Morgan fingerprint density at radius 2 is 1.73 bits per heavy atom. The van der Waals surface area contributed by atoms with Crippen LogP contribution >= 0.6 is 0 Å². The fourth-order valence-corrected chi connectivity index (χ4v) is 2.79. The molecule has 1 heterocycles. The van der Waals surface area contributed by atoms with Crippen LogP contribution in [0.5, 0.6) is 17.2 Å². The third-order valence-corrected chi connectivity index (χ3v) is 4.16. The summed E-state index contributed by atoms with van der Waals surface area (Å²) in [5.74, 6) is 1.47.